The lowest BCUT2D eigenvalue weighted by Crippen LogP contribution is -2.41. The Bertz CT molecular complexity index is 1070. The summed E-state index contributed by atoms with van der Waals surface area (Å²) in [7, 11) is 0. The zero-order valence-electron chi connectivity index (χ0n) is 16.3. The van der Waals surface area contributed by atoms with Gasteiger partial charge in [0.1, 0.15) is 11.9 Å². The molecule has 6 nitrogen and oxygen atoms in total. The van der Waals surface area contributed by atoms with Gasteiger partial charge < -0.3 is 19.2 Å². The van der Waals surface area contributed by atoms with Crippen LogP contribution in [0.25, 0.3) is 10.9 Å². The topological polar surface area (TPSA) is 67.3 Å². The monoisotopic (exact) mass is 391 g/mol. The average molecular weight is 391 g/mol. The molecule has 0 radical (unpaired) electrons. The zero-order chi connectivity index (χ0) is 19.8. The first-order valence-corrected chi connectivity index (χ1v) is 10.4. The Labute approximate surface area is 169 Å². The number of nitrogens with zero attached hydrogens (tertiary/aromatic N) is 2. The predicted molar refractivity (Wildman–Crippen MR) is 111 cm³/mol. The van der Waals surface area contributed by atoms with Gasteiger partial charge in [-0.3, -0.25) is 9.59 Å². The molecule has 1 aliphatic carbocycles. The fraction of sp³-hybridized carbons (Fsp3) is 0.391. The fourth-order valence-corrected chi connectivity index (χ4v) is 4.12. The van der Waals surface area contributed by atoms with E-state index in [1.165, 1.54) is 36.0 Å². The number of carbonyl (C=O) groups is 1. The van der Waals surface area contributed by atoms with E-state index in [1.54, 1.807) is 6.07 Å². The van der Waals surface area contributed by atoms with Gasteiger partial charge in [-0.15, -0.1) is 0 Å². The van der Waals surface area contributed by atoms with E-state index in [4.69, 9.17) is 4.74 Å². The van der Waals surface area contributed by atoms with E-state index >= 15 is 0 Å². The lowest BCUT2D eigenvalue weighted by molar-refractivity contribution is 0.0597. The number of nitrogens with one attached hydrogen (secondary N) is 1. The van der Waals surface area contributed by atoms with Crippen LogP contribution in [0.15, 0.2) is 53.6 Å². The highest BCUT2D eigenvalue weighted by Crippen LogP contribution is 2.34. The summed E-state index contributed by atoms with van der Waals surface area (Å²) in [5, 5.41) is 1.17. The van der Waals surface area contributed by atoms with E-state index < -0.39 is 0 Å². The van der Waals surface area contributed by atoms with Crippen LogP contribution in [0.1, 0.15) is 36.0 Å². The second kappa shape index (κ2) is 7.43. The molecule has 1 amide bonds. The van der Waals surface area contributed by atoms with Crippen LogP contribution in [-0.4, -0.2) is 39.6 Å². The van der Waals surface area contributed by atoms with Crippen LogP contribution in [0.4, 0.5) is 0 Å². The number of fused-ring (bicyclic) bond motifs is 1. The number of pyridine rings is 1. The molecule has 150 valence electrons. The molecule has 0 spiro atoms. The third kappa shape index (κ3) is 3.79. The molecule has 1 aromatic carbocycles. The van der Waals surface area contributed by atoms with Crippen molar-refractivity contribution in [2.45, 2.75) is 38.3 Å². The van der Waals surface area contributed by atoms with Gasteiger partial charge in [0.2, 0.25) is 5.56 Å². The van der Waals surface area contributed by atoms with Crippen molar-refractivity contribution in [2.24, 2.45) is 5.92 Å². The Morgan fingerprint density at radius 1 is 1.07 bits per heavy atom. The zero-order valence-corrected chi connectivity index (χ0v) is 16.3. The van der Waals surface area contributed by atoms with E-state index in [0.29, 0.717) is 18.7 Å². The highest BCUT2D eigenvalue weighted by molar-refractivity contribution is 5.94. The highest BCUT2D eigenvalue weighted by Gasteiger charge is 2.26. The van der Waals surface area contributed by atoms with Crippen LogP contribution in [0.2, 0.25) is 0 Å². The third-order valence-electron chi connectivity index (χ3n) is 5.98. The molecule has 1 saturated heterocycles. The van der Waals surface area contributed by atoms with Crippen molar-refractivity contribution in [3.63, 3.8) is 0 Å². The summed E-state index contributed by atoms with van der Waals surface area (Å²) in [6.07, 6.45) is 8.04. The highest BCUT2D eigenvalue weighted by atomic mass is 16.5. The number of ether oxygens (including phenoxy) is 1. The number of hydrogen-bond donors (Lipinski definition) is 1. The smallest absolute Gasteiger partial charge is 0.255 e. The van der Waals surface area contributed by atoms with Crippen LogP contribution in [0.3, 0.4) is 0 Å². The number of carbonyl (C=O) groups excluding carboxylic acids is 1. The van der Waals surface area contributed by atoms with E-state index in [0.717, 1.165) is 31.1 Å². The number of rotatable bonds is 5. The number of piperidine rings is 1. The maximum Gasteiger partial charge on any atom is 0.255 e. The SMILES string of the molecule is O=C(c1ccc(=O)[nH]c1)N1CCC(Oc2cccc3c2ccn3CC2CC2)CC1. The summed E-state index contributed by atoms with van der Waals surface area (Å²) in [6, 6.07) is 11.4. The molecule has 6 heteroatoms. The van der Waals surface area contributed by atoms with Crippen molar-refractivity contribution in [1.29, 1.82) is 0 Å². The number of hydrogen-bond acceptors (Lipinski definition) is 3. The van der Waals surface area contributed by atoms with Crippen LogP contribution in [-0.2, 0) is 6.54 Å². The summed E-state index contributed by atoms with van der Waals surface area (Å²) in [6.45, 7) is 2.40. The van der Waals surface area contributed by atoms with Crippen molar-refractivity contribution in [1.82, 2.24) is 14.5 Å². The van der Waals surface area contributed by atoms with Gasteiger partial charge in [-0.25, -0.2) is 0 Å². The molecule has 3 aromatic rings. The van der Waals surface area contributed by atoms with Gasteiger partial charge in [-0.2, -0.15) is 0 Å². The van der Waals surface area contributed by atoms with Gasteiger partial charge in [0, 0.05) is 56.3 Å². The Kier molecular flexibility index (Phi) is 4.62. The van der Waals surface area contributed by atoms with Crippen LogP contribution in [0.5, 0.6) is 5.75 Å². The molecule has 2 aliphatic rings. The van der Waals surface area contributed by atoms with E-state index in [2.05, 4.69) is 33.9 Å². The molecule has 3 heterocycles. The molecule has 1 aliphatic heterocycles. The molecular weight excluding hydrogens is 366 g/mol. The van der Waals surface area contributed by atoms with Crippen molar-refractivity contribution >= 4 is 16.8 Å². The molecule has 1 N–H and O–H groups in total. The number of benzene rings is 1. The summed E-state index contributed by atoms with van der Waals surface area (Å²) < 4.78 is 8.69. The number of H-pyrrole nitrogens is 1. The van der Waals surface area contributed by atoms with Crippen molar-refractivity contribution in [3.8, 4) is 5.75 Å². The molecule has 1 saturated carbocycles. The van der Waals surface area contributed by atoms with E-state index in [9.17, 15) is 9.59 Å². The number of aromatic amines is 1. The molecule has 2 aromatic heterocycles. The molecule has 29 heavy (non-hydrogen) atoms. The molecule has 2 fully saturated rings. The molecule has 0 unspecified atom stereocenters. The van der Waals surface area contributed by atoms with Crippen molar-refractivity contribution in [3.05, 3.63) is 64.7 Å². The molecule has 0 bridgehead atoms. The maximum absolute atomic E-state index is 12.6. The minimum atomic E-state index is -0.200. The Balaban J connectivity index is 1.24. The van der Waals surface area contributed by atoms with Gasteiger partial charge in [0.15, 0.2) is 0 Å². The first-order valence-electron chi connectivity index (χ1n) is 10.4. The number of aromatic nitrogens is 2. The molecule has 5 rings (SSSR count). The van der Waals surface area contributed by atoms with Crippen LogP contribution in [0, 0.1) is 5.92 Å². The second-order valence-corrected chi connectivity index (χ2v) is 8.15. The normalized spacial score (nSPS) is 17.6. The van der Waals surface area contributed by atoms with Gasteiger partial charge in [0.25, 0.3) is 5.91 Å². The van der Waals surface area contributed by atoms with Crippen molar-refractivity contribution in [2.75, 3.05) is 13.1 Å². The second-order valence-electron chi connectivity index (χ2n) is 8.15. The Morgan fingerprint density at radius 3 is 2.62 bits per heavy atom. The van der Waals surface area contributed by atoms with Crippen LogP contribution < -0.4 is 10.3 Å². The summed E-state index contributed by atoms with van der Waals surface area (Å²) in [4.78, 5) is 28.2. The Hall–Kier alpha value is -3.02. The van der Waals surface area contributed by atoms with Crippen LogP contribution >= 0.6 is 0 Å². The van der Waals surface area contributed by atoms with Crippen molar-refractivity contribution < 1.29 is 9.53 Å². The molecular formula is C23H25N3O3. The predicted octanol–water partition coefficient (Wildman–Crippen LogP) is 3.42. The Morgan fingerprint density at radius 2 is 1.90 bits per heavy atom. The number of amides is 1. The van der Waals surface area contributed by atoms with Gasteiger partial charge in [-0.05, 0) is 43.0 Å². The lowest BCUT2D eigenvalue weighted by Gasteiger charge is -2.32. The largest absolute Gasteiger partial charge is 0.490 e. The maximum atomic E-state index is 12.6. The first-order chi connectivity index (χ1) is 14.2. The average Bonchev–Trinajstić information content (AvgIpc) is 3.47. The quantitative estimate of drug-likeness (QED) is 0.725. The summed E-state index contributed by atoms with van der Waals surface area (Å²) in [5.41, 5.74) is 1.56. The molecule has 0 atom stereocenters. The summed E-state index contributed by atoms with van der Waals surface area (Å²) in [5.74, 6) is 1.72. The first kappa shape index (κ1) is 18.0. The minimum Gasteiger partial charge on any atom is -0.490 e. The summed E-state index contributed by atoms with van der Waals surface area (Å²) >= 11 is 0. The minimum absolute atomic E-state index is 0.0426. The standard InChI is InChI=1S/C23H25N3O3/c27-22-7-6-17(14-24-22)23(28)25-11-8-18(9-12-25)29-21-3-1-2-20-19(21)10-13-26(20)15-16-4-5-16/h1-3,6-7,10,13-14,16,18H,4-5,8-9,11-12,15H2,(H,24,27). The van der Waals surface area contributed by atoms with Gasteiger partial charge in [-0.1, -0.05) is 6.07 Å². The van der Waals surface area contributed by atoms with Gasteiger partial charge >= 0.3 is 0 Å². The van der Waals surface area contributed by atoms with E-state index in [1.807, 2.05) is 11.0 Å². The number of likely N-dealkylation sites (tertiary alicyclic amines) is 1. The van der Waals surface area contributed by atoms with Gasteiger partial charge in [0.05, 0.1) is 11.1 Å². The lowest BCUT2D eigenvalue weighted by atomic mass is 10.1. The van der Waals surface area contributed by atoms with E-state index in [-0.39, 0.29) is 17.6 Å². The fourth-order valence-electron chi connectivity index (χ4n) is 4.12. The third-order valence-corrected chi connectivity index (χ3v) is 5.98.